The molecule has 106 valence electrons. The molecule has 0 spiro atoms. The van der Waals surface area contributed by atoms with Gasteiger partial charge in [-0.1, -0.05) is 12.8 Å². The third-order valence-electron chi connectivity index (χ3n) is 4.57. The summed E-state index contributed by atoms with van der Waals surface area (Å²) in [6.07, 6.45) is 10.2. The molecule has 2 fully saturated rings. The van der Waals surface area contributed by atoms with Gasteiger partial charge in [0.2, 0.25) is 0 Å². The van der Waals surface area contributed by atoms with Crippen LogP contribution in [0.4, 0.5) is 0 Å². The van der Waals surface area contributed by atoms with Crippen LogP contribution in [0.5, 0.6) is 0 Å². The topological polar surface area (TPSA) is 54.2 Å². The van der Waals surface area contributed by atoms with Crippen LogP contribution in [0.1, 0.15) is 38.5 Å². The highest BCUT2D eigenvalue weighted by Crippen LogP contribution is 2.31. The summed E-state index contributed by atoms with van der Waals surface area (Å²) in [5, 5.41) is 14.7. The normalized spacial score (nSPS) is 27.7. The van der Waals surface area contributed by atoms with Gasteiger partial charge < -0.3 is 10.0 Å². The molecular weight excluding hydrogens is 240 g/mol. The molecule has 5 nitrogen and oxygen atoms in total. The summed E-state index contributed by atoms with van der Waals surface area (Å²) in [6, 6.07) is 0. The first kappa shape index (κ1) is 13.1. The highest BCUT2D eigenvalue weighted by Gasteiger charge is 2.34. The van der Waals surface area contributed by atoms with E-state index in [1.807, 2.05) is 4.68 Å². The van der Waals surface area contributed by atoms with Gasteiger partial charge in [0.1, 0.15) is 12.7 Å². The predicted octanol–water partition coefficient (Wildman–Crippen LogP) is 1.30. The average Bonchev–Trinajstić information content (AvgIpc) is 3.02. The monoisotopic (exact) mass is 264 g/mol. The second-order valence-electron chi connectivity index (χ2n) is 6.29. The number of hydrogen-bond acceptors (Lipinski definition) is 4. The van der Waals surface area contributed by atoms with Gasteiger partial charge in [-0.3, -0.25) is 4.68 Å². The number of aromatic nitrogens is 3. The first-order valence-electron chi connectivity index (χ1n) is 7.51. The van der Waals surface area contributed by atoms with Gasteiger partial charge in [-0.15, -0.1) is 0 Å². The molecule has 1 unspecified atom stereocenters. The van der Waals surface area contributed by atoms with Crippen LogP contribution in [-0.4, -0.2) is 50.0 Å². The molecule has 1 aromatic rings. The van der Waals surface area contributed by atoms with Gasteiger partial charge in [-0.05, 0) is 38.1 Å². The zero-order chi connectivity index (χ0) is 13.1. The lowest BCUT2D eigenvalue weighted by molar-refractivity contribution is -0.00351. The van der Waals surface area contributed by atoms with Crippen LogP contribution in [0.2, 0.25) is 0 Å². The Labute approximate surface area is 114 Å². The first-order valence-corrected chi connectivity index (χ1v) is 7.51. The maximum Gasteiger partial charge on any atom is 0.137 e. The minimum atomic E-state index is -0.408. The molecule has 3 rings (SSSR count). The van der Waals surface area contributed by atoms with Crippen LogP contribution in [0.3, 0.4) is 0 Å². The number of aliphatic hydroxyl groups is 1. The summed E-state index contributed by atoms with van der Waals surface area (Å²) in [6.45, 7) is 4.04. The van der Waals surface area contributed by atoms with Crippen molar-refractivity contribution in [1.82, 2.24) is 19.7 Å². The van der Waals surface area contributed by atoms with E-state index in [0.29, 0.717) is 5.92 Å². The molecule has 0 aromatic carbocycles. The quantitative estimate of drug-likeness (QED) is 0.890. The third-order valence-corrected chi connectivity index (χ3v) is 4.57. The van der Waals surface area contributed by atoms with E-state index in [9.17, 15) is 5.11 Å². The van der Waals surface area contributed by atoms with Gasteiger partial charge >= 0.3 is 0 Å². The van der Waals surface area contributed by atoms with E-state index in [0.717, 1.165) is 39.0 Å². The summed E-state index contributed by atoms with van der Waals surface area (Å²) in [5.41, 5.74) is -0.408. The van der Waals surface area contributed by atoms with Gasteiger partial charge in [-0.2, -0.15) is 5.10 Å². The van der Waals surface area contributed by atoms with Crippen LogP contribution < -0.4 is 0 Å². The summed E-state index contributed by atoms with van der Waals surface area (Å²) in [5.74, 6) is 0.639. The molecule has 1 aliphatic carbocycles. The molecule has 1 aliphatic heterocycles. The Morgan fingerprint density at radius 3 is 2.84 bits per heavy atom. The van der Waals surface area contributed by atoms with E-state index >= 15 is 0 Å². The van der Waals surface area contributed by atoms with Crippen LogP contribution in [-0.2, 0) is 6.54 Å². The lowest BCUT2D eigenvalue weighted by atomic mass is 9.95. The van der Waals surface area contributed by atoms with Crippen molar-refractivity contribution in [2.24, 2.45) is 5.92 Å². The van der Waals surface area contributed by atoms with Gasteiger partial charge in [0.25, 0.3) is 0 Å². The zero-order valence-corrected chi connectivity index (χ0v) is 11.5. The molecule has 2 heterocycles. The fourth-order valence-corrected chi connectivity index (χ4v) is 3.64. The molecule has 1 saturated heterocycles. The number of β-amino-alcohol motifs (C(OH)–C–C–N with tert-alkyl or cyclic N) is 1. The SMILES string of the molecule is OC1(CN2CCCC(Cn3cncn3)C2)CCCC1. The number of nitrogens with zero attached hydrogens (tertiary/aromatic N) is 4. The van der Waals surface area contributed by atoms with E-state index in [1.54, 1.807) is 12.7 Å². The Kier molecular flexibility index (Phi) is 3.84. The smallest absolute Gasteiger partial charge is 0.137 e. The Bertz CT molecular complexity index is 386. The number of rotatable bonds is 4. The summed E-state index contributed by atoms with van der Waals surface area (Å²) < 4.78 is 1.93. The van der Waals surface area contributed by atoms with Gasteiger partial charge in [0.05, 0.1) is 5.60 Å². The van der Waals surface area contributed by atoms with Crippen molar-refractivity contribution in [2.75, 3.05) is 19.6 Å². The Morgan fingerprint density at radius 1 is 1.26 bits per heavy atom. The van der Waals surface area contributed by atoms with Crippen molar-refractivity contribution in [2.45, 2.75) is 50.7 Å². The Hall–Kier alpha value is -0.940. The van der Waals surface area contributed by atoms with Crippen LogP contribution in [0, 0.1) is 5.92 Å². The molecule has 1 saturated carbocycles. The minimum Gasteiger partial charge on any atom is -0.389 e. The second kappa shape index (κ2) is 5.59. The first-order chi connectivity index (χ1) is 9.23. The molecule has 1 aromatic heterocycles. The standard InChI is InChI=1S/C14H24N4O/c19-14(5-1-2-6-14)10-17-7-3-4-13(8-17)9-18-12-15-11-16-18/h11-13,19H,1-10H2. The molecule has 5 heteroatoms. The van der Waals surface area contributed by atoms with E-state index in [-0.39, 0.29) is 0 Å². The predicted molar refractivity (Wildman–Crippen MR) is 72.6 cm³/mol. The molecule has 19 heavy (non-hydrogen) atoms. The number of hydrogen-bond donors (Lipinski definition) is 1. The van der Waals surface area contributed by atoms with Crippen molar-refractivity contribution >= 4 is 0 Å². The zero-order valence-electron chi connectivity index (χ0n) is 11.5. The molecule has 1 atom stereocenters. The minimum absolute atomic E-state index is 0.408. The summed E-state index contributed by atoms with van der Waals surface area (Å²) in [4.78, 5) is 6.45. The van der Waals surface area contributed by atoms with Crippen LogP contribution in [0.25, 0.3) is 0 Å². The lowest BCUT2D eigenvalue weighted by Gasteiger charge is -2.37. The van der Waals surface area contributed by atoms with Crippen molar-refractivity contribution in [1.29, 1.82) is 0 Å². The van der Waals surface area contributed by atoms with Crippen molar-refractivity contribution < 1.29 is 5.11 Å². The lowest BCUT2D eigenvalue weighted by Crippen LogP contribution is -2.46. The van der Waals surface area contributed by atoms with Gasteiger partial charge in [0, 0.05) is 19.6 Å². The van der Waals surface area contributed by atoms with Gasteiger partial charge in [0.15, 0.2) is 0 Å². The maximum absolute atomic E-state index is 10.5. The van der Waals surface area contributed by atoms with E-state index in [2.05, 4.69) is 15.0 Å². The van der Waals surface area contributed by atoms with E-state index < -0.39 is 5.60 Å². The van der Waals surface area contributed by atoms with Crippen molar-refractivity contribution in [3.8, 4) is 0 Å². The Balaban J connectivity index is 1.53. The second-order valence-corrected chi connectivity index (χ2v) is 6.29. The van der Waals surface area contributed by atoms with Crippen molar-refractivity contribution in [3.05, 3.63) is 12.7 Å². The number of piperidine rings is 1. The third kappa shape index (κ3) is 3.34. The highest BCUT2D eigenvalue weighted by atomic mass is 16.3. The summed E-state index contributed by atoms with van der Waals surface area (Å²) in [7, 11) is 0. The van der Waals surface area contributed by atoms with Crippen LogP contribution in [0.15, 0.2) is 12.7 Å². The fourth-order valence-electron chi connectivity index (χ4n) is 3.64. The maximum atomic E-state index is 10.5. The van der Waals surface area contributed by atoms with E-state index in [4.69, 9.17) is 0 Å². The fraction of sp³-hybridized carbons (Fsp3) is 0.857. The Morgan fingerprint density at radius 2 is 2.11 bits per heavy atom. The molecule has 1 N–H and O–H groups in total. The average molecular weight is 264 g/mol. The van der Waals surface area contributed by atoms with Crippen molar-refractivity contribution in [3.63, 3.8) is 0 Å². The molecular formula is C14H24N4O. The number of likely N-dealkylation sites (tertiary alicyclic amines) is 1. The van der Waals surface area contributed by atoms with Crippen LogP contribution >= 0.6 is 0 Å². The largest absolute Gasteiger partial charge is 0.389 e. The molecule has 2 aliphatic rings. The van der Waals surface area contributed by atoms with E-state index in [1.165, 1.54) is 25.7 Å². The molecule has 0 amide bonds. The molecule has 0 radical (unpaired) electrons. The summed E-state index contributed by atoms with van der Waals surface area (Å²) >= 11 is 0. The molecule has 0 bridgehead atoms. The highest BCUT2D eigenvalue weighted by molar-refractivity contribution is 4.88. The van der Waals surface area contributed by atoms with Gasteiger partial charge in [-0.25, -0.2) is 4.98 Å².